The molecule has 1 heterocycles. The molecule has 5 heteroatoms. The number of rotatable bonds is 5. The van der Waals surface area contributed by atoms with Gasteiger partial charge in [0.2, 0.25) is 0 Å². The lowest BCUT2D eigenvalue weighted by molar-refractivity contribution is -0.920. The molecule has 100 valence electrons. The van der Waals surface area contributed by atoms with E-state index in [9.17, 15) is 0 Å². The second kappa shape index (κ2) is 7.31. The molecule has 0 saturated carbocycles. The van der Waals surface area contributed by atoms with Crippen LogP contribution in [0.15, 0.2) is 18.2 Å². The van der Waals surface area contributed by atoms with E-state index < -0.39 is 0 Å². The second-order valence-electron chi connectivity index (χ2n) is 4.61. The average molecular weight is 291 g/mol. The normalized spacial score (nSPS) is 17.0. The molecule has 0 amide bonds. The summed E-state index contributed by atoms with van der Waals surface area (Å²) in [5, 5.41) is 3.62. The Bertz CT molecular complexity index is 381. The third kappa shape index (κ3) is 4.11. The van der Waals surface area contributed by atoms with E-state index in [-0.39, 0.29) is 0 Å². The standard InChI is InChI=1S/C13H18Cl2N2O/c14-12-3-1-2-11(13(12)15)10-16-4-5-17-6-8-18-9-7-17/h1-3,16H,4-10H2/p+2. The van der Waals surface area contributed by atoms with Gasteiger partial charge in [0.05, 0.1) is 23.3 Å². The molecule has 1 aliphatic heterocycles. The highest BCUT2D eigenvalue weighted by Gasteiger charge is 2.14. The molecule has 0 aromatic heterocycles. The maximum absolute atomic E-state index is 6.15. The van der Waals surface area contributed by atoms with Gasteiger partial charge in [-0.15, -0.1) is 0 Å². The first kappa shape index (κ1) is 14.1. The molecular formula is C13H20Cl2N2O+2. The first-order valence-corrected chi connectivity index (χ1v) is 7.19. The van der Waals surface area contributed by atoms with Crippen LogP contribution in [0.1, 0.15) is 5.56 Å². The van der Waals surface area contributed by atoms with Crippen molar-refractivity contribution in [2.45, 2.75) is 6.54 Å². The highest BCUT2D eigenvalue weighted by molar-refractivity contribution is 6.42. The van der Waals surface area contributed by atoms with E-state index >= 15 is 0 Å². The fourth-order valence-electron chi connectivity index (χ4n) is 2.18. The Labute approximate surface area is 118 Å². The zero-order valence-corrected chi connectivity index (χ0v) is 11.9. The van der Waals surface area contributed by atoms with Crippen molar-refractivity contribution in [2.24, 2.45) is 0 Å². The smallest absolute Gasteiger partial charge is 0.127 e. The van der Waals surface area contributed by atoms with Crippen molar-refractivity contribution in [2.75, 3.05) is 39.4 Å². The van der Waals surface area contributed by atoms with E-state index in [4.69, 9.17) is 27.9 Å². The summed E-state index contributed by atoms with van der Waals surface area (Å²) >= 11 is 12.1. The molecule has 0 unspecified atom stereocenters. The molecule has 1 aliphatic rings. The van der Waals surface area contributed by atoms with E-state index in [0.717, 1.165) is 45.0 Å². The van der Waals surface area contributed by atoms with E-state index in [0.29, 0.717) is 10.0 Å². The van der Waals surface area contributed by atoms with Crippen LogP contribution in [0.25, 0.3) is 0 Å². The lowest BCUT2D eigenvalue weighted by Crippen LogP contribution is -3.16. The predicted octanol–water partition coefficient (Wildman–Crippen LogP) is -0.0281. The maximum Gasteiger partial charge on any atom is 0.127 e. The van der Waals surface area contributed by atoms with Gasteiger partial charge in [0, 0.05) is 5.56 Å². The molecule has 0 radical (unpaired) electrons. The topological polar surface area (TPSA) is 30.3 Å². The molecular weight excluding hydrogens is 271 g/mol. The van der Waals surface area contributed by atoms with Crippen LogP contribution in [0.4, 0.5) is 0 Å². The number of quaternary nitrogens is 2. The minimum Gasteiger partial charge on any atom is -0.370 e. The molecule has 3 nitrogen and oxygen atoms in total. The molecule has 1 fully saturated rings. The van der Waals surface area contributed by atoms with Gasteiger partial charge in [0.1, 0.15) is 32.7 Å². The summed E-state index contributed by atoms with van der Waals surface area (Å²) in [7, 11) is 0. The lowest BCUT2D eigenvalue weighted by Gasteiger charge is -2.22. The van der Waals surface area contributed by atoms with E-state index in [1.807, 2.05) is 18.2 Å². The Kier molecular flexibility index (Phi) is 5.73. The molecule has 3 N–H and O–H groups in total. The predicted molar refractivity (Wildman–Crippen MR) is 73.3 cm³/mol. The van der Waals surface area contributed by atoms with Gasteiger partial charge in [-0.25, -0.2) is 0 Å². The number of morpholine rings is 1. The zero-order valence-electron chi connectivity index (χ0n) is 10.4. The summed E-state index contributed by atoms with van der Waals surface area (Å²) in [6.45, 7) is 7.24. The summed E-state index contributed by atoms with van der Waals surface area (Å²) in [4.78, 5) is 1.63. The molecule has 18 heavy (non-hydrogen) atoms. The van der Waals surface area contributed by atoms with Crippen LogP contribution in [0, 0.1) is 0 Å². The molecule has 0 spiro atoms. The summed E-state index contributed by atoms with van der Waals surface area (Å²) in [5.41, 5.74) is 1.11. The molecule has 1 saturated heterocycles. The van der Waals surface area contributed by atoms with Crippen molar-refractivity contribution < 1.29 is 15.0 Å². The molecule has 1 aromatic carbocycles. The first-order chi connectivity index (χ1) is 8.77. The lowest BCUT2D eigenvalue weighted by atomic mass is 10.2. The fraction of sp³-hybridized carbons (Fsp3) is 0.538. The maximum atomic E-state index is 6.15. The Balaban J connectivity index is 1.70. The summed E-state index contributed by atoms with van der Waals surface area (Å²) in [6.07, 6.45) is 0. The van der Waals surface area contributed by atoms with Crippen molar-refractivity contribution in [3.63, 3.8) is 0 Å². The largest absolute Gasteiger partial charge is 0.370 e. The van der Waals surface area contributed by atoms with Crippen molar-refractivity contribution in [1.29, 1.82) is 0 Å². The van der Waals surface area contributed by atoms with Crippen LogP contribution >= 0.6 is 23.2 Å². The average Bonchev–Trinajstić information content (AvgIpc) is 2.40. The second-order valence-corrected chi connectivity index (χ2v) is 5.39. The van der Waals surface area contributed by atoms with Crippen LogP contribution < -0.4 is 10.2 Å². The fourth-order valence-corrected chi connectivity index (χ4v) is 2.58. The van der Waals surface area contributed by atoms with E-state index in [1.165, 1.54) is 6.54 Å². The van der Waals surface area contributed by atoms with Crippen molar-refractivity contribution in [1.82, 2.24) is 0 Å². The Hall–Kier alpha value is -0.320. The number of halogens is 2. The number of hydrogen-bond donors (Lipinski definition) is 2. The molecule has 2 rings (SSSR count). The molecule has 0 atom stereocenters. The molecule has 1 aromatic rings. The van der Waals surface area contributed by atoms with Crippen molar-refractivity contribution >= 4 is 23.2 Å². The van der Waals surface area contributed by atoms with Gasteiger partial charge < -0.3 is 15.0 Å². The number of benzene rings is 1. The summed E-state index contributed by atoms with van der Waals surface area (Å²) < 4.78 is 5.34. The van der Waals surface area contributed by atoms with Gasteiger partial charge in [0.15, 0.2) is 0 Å². The third-order valence-corrected chi connectivity index (χ3v) is 4.16. The summed E-state index contributed by atoms with van der Waals surface area (Å²) in [5.74, 6) is 0. The van der Waals surface area contributed by atoms with Crippen LogP contribution in [-0.2, 0) is 11.3 Å². The third-order valence-electron chi connectivity index (χ3n) is 3.30. The van der Waals surface area contributed by atoms with Crippen LogP contribution in [0.2, 0.25) is 10.0 Å². The van der Waals surface area contributed by atoms with Crippen molar-refractivity contribution in [3.05, 3.63) is 33.8 Å². The van der Waals surface area contributed by atoms with Gasteiger partial charge in [0.25, 0.3) is 0 Å². The number of nitrogens with two attached hydrogens (primary N) is 1. The number of hydrogen-bond acceptors (Lipinski definition) is 1. The highest BCUT2D eigenvalue weighted by Crippen LogP contribution is 2.24. The molecule has 0 aliphatic carbocycles. The van der Waals surface area contributed by atoms with Gasteiger partial charge in [-0.05, 0) is 6.07 Å². The SMILES string of the molecule is Clc1cccc(C[NH2+]CC[NH+]2CCOCC2)c1Cl. The summed E-state index contributed by atoms with van der Waals surface area (Å²) in [6, 6.07) is 5.81. The van der Waals surface area contributed by atoms with Crippen LogP contribution in [0.3, 0.4) is 0 Å². The Morgan fingerprint density at radius 1 is 1.22 bits per heavy atom. The number of nitrogens with one attached hydrogen (secondary N) is 1. The highest BCUT2D eigenvalue weighted by atomic mass is 35.5. The minimum atomic E-state index is 0.640. The minimum absolute atomic E-state index is 0.640. The van der Waals surface area contributed by atoms with Crippen LogP contribution in [0.5, 0.6) is 0 Å². The van der Waals surface area contributed by atoms with Crippen LogP contribution in [-0.4, -0.2) is 39.4 Å². The van der Waals surface area contributed by atoms with Gasteiger partial charge in [-0.2, -0.15) is 0 Å². The monoisotopic (exact) mass is 290 g/mol. The Morgan fingerprint density at radius 3 is 2.78 bits per heavy atom. The van der Waals surface area contributed by atoms with E-state index in [1.54, 1.807) is 4.90 Å². The van der Waals surface area contributed by atoms with Crippen molar-refractivity contribution in [3.8, 4) is 0 Å². The zero-order chi connectivity index (χ0) is 12.8. The van der Waals surface area contributed by atoms with E-state index in [2.05, 4.69) is 5.32 Å². The number of ether oxygens (including phenoxy) is 1. The molecule has 0 bridgehead atoms. The Morgan fingerprint density at radius 2 is 2.00 bits per heavy atom. The van der Waals surface area contributed by atoms with Gasteiger partial charge in [-0.3, -0.25) is 0 Å². The first-order valence-electron chi connectivity index (χ1n) is 6.43. The van der Waals surface area contributed by atoms with Gasteiger partial charge in [-0.1, -0.05) is 35.3 Å². The quantitative estimate of drug-likeness (QED) is 0.733. The van der Waals surface area contributed by atoms with Gasteiger partial charge >= 0.3 is 0 Å².